The number of nitrogens with one attached hydrogen (secondary N) is 1. The first kappa shape index (κ1) is 16.9. The fourth-order valence-corrected chi connectivity index (χ4v) is 5.07. The topological polar surface area (TPSA) is 77.1 Å². The summed E-state index contributed by atoms with van der Waals surface area (Å²) in [6.07, 6.45) is 7.88. The number of aryl methyl sites for hydroxylation is 1. The van der Waals surface area contributed by atoms with E-state index >= 15 is 0 Å². The predicted molar refractivity (Wildman–Crippen MR) is 87.9 cm³/mol. The predicted octanol–water partition coefficient (Wildman–Crippen LogP) is 1.92. The van der Waals surface area contributed by atoms with Gasteiger partial charge in [-0.15, -0.1) is 0 Å². The zero-order chi connectivity index (χ0) is 15.5. The van der Waals surface area contributed by atoms with Gasteiger partial charge in [0.25, 0.3) is 0 Å². The van der Waals surface area contributed by atoms with E-state index in [1.807, 2.05) is 23.3 Å². The molecule has 1 aliphatic rings. The molecule has 0 aromatic carbocycles. The Morgan fingerprint density at radius 3 is 2.81 bits per heavy atom. The second-order valence-electron chi connectivity index (χ2n) is 5.50. The third kappa shape index (κ3) is 4.03. The van der Waals surface area contributed by atoms with Crippen LogP contribution in [0.3, 0.4) is 0 Å². The van der Waals surface area contributed by atoms with Gasteiger partial charge in [0.1, 0.15) is 0 Å². The molecule has 0 aliphatic heterocycles. The molecule has 0 amide bonds. The van der Waals surface area contributed by atoms with Gasteiger partial charge in [0.05, 0.1) is 4.90 Å². The molecule has 1 aromatic rings. The van der Waals surface area contributed by atoms with Gasteiger partial charge in [-0.2, -0.15) is 11.8 Å². The highest BCUT2D eigenvalue weighted by Crippen LogP contribution is 2.28. The molecule has 1 saturated carbocycles. The Labute approximate surface area is 131 Å². The van der Waals surface area contributed by atoms with E-state index in [1.165, 1.54) is 6.42 Å². The molecule has 1 aliphatic carbocycles. The highest BCUT2D eigenvalue weighted by Gasteiger charge is 2.27. The first-order valence-corrected chi connectivity index (χ1v) is 10.2. The fourth-order valence-electron chi connectivity index (χ4n) is 2.89. The lowest BCUT2D eigenvalue weighted by Gasteiger charge is -2.28. The average molecular weight is 332 g/mol. The largest absolute Gasteiger partial charge is 0.349 e. The van der Waals surface area contributed by atoms with Gasteiger partial charge >= 0.3 is 0 Å². The van der Waals surface area contributed by atoms with Gasteiger partial charge in [-0.05, 0) is 38.5 Å². The van der Waals surface area contributed by atoms with Crippen LogP contribution < -0.4 is 10.5 Å². The fraction of sp³-hybridized carbons (Fsp3) is 0.714. The lowest BCUT2D eigenvalue weighted by molar-refractivity contribution is 0.421. The number of hydrogen-bond acceptors (Lipinski definition) is 4. The maximum absolute atomic E-state index is 12.5. The van der Waals surface area contributed by atoms with Crippen molar-refractivity contribution in [2.24, 2.45) is 5.73 Å². The number of nitrogens with zero attached hydrogens (tertiary/aromatic N) is 1. The zero-order valence-corrected chi connectivity index (χ0v) is 14.3. The zero-order valence-electron chi connectivity index (χ0n) is 12.7. The first-order chi connectivity index (χ1) is 10.00. The molecule has 1 fully saturated rings. The Morgan fingerprint density at radius 2 is 2.24 bits per heavy atom. The van der Waals surface area contributed by atoms with Crippen LogP contribution in [0.5, 0.6) is 0 Å². The normalized spacial score (nSPS) is 23.4. The first-order valence-electron chi connectivity index (χ1n) is 7.44. The van der Waals surface area contributed by atoms with E-state index in [-0.39, 0.29) is 6.04 Å². The van der Waals surface area contributed by atoms with Crippen LogP contribution in [0.1, 0.15) is 38.3 Å². The van der Waals surface area contributed by atoms with Crippen LogP contribution in [0.2, 0.25) is 0 Å². The third-order valence-corrected chi connectivity index (χ3v) is 6.68. The minimum atomic E-state index is -3.45. The highest BCUT2D eigenvalue weighted by atomic mass is 32.2. The Kier molecular flexibility index (Phi) is 5.76. The second kappa shape index (κ2) is 7.17. The van der Waals surface area contributed by atoms with Crippen LogP contribution in [0, 0.1) is 0 Å². The molecule has 0 bridgehead atoms. The van der Waals surface area contributed by atoms with Crippen molar-refractivity contribution in [2.45, 2.75) is 61.9 Å². The number of nitrogens with two attached hydrogens (primary N) is 1. The molecule has 1 heterocycles. The summed E-state index contributed by atoms with van der Waals surface area (Å²) in [5, 5.41) is 0.561. The van der Waals surface area contributed by atoms with Gasteiger partial charge in [0.2, 0.25) is 10.0 Å². The summed E-state index contributed by atoms with van der Waals surface area (Å²) in [4.78, 5) is 0.330. The molecule has 7 heteroatoms. The number of sulfonamides is 1. The summed E-state index contributed by atoms with van der Waals surface area (Å²) in [5.41, 5.74) is 6.51. The Hall–Kier alpha value is -0.500. The Balaban J connectivity index is 2.12. The highest BCUT2D eigenvalue weighted by molar-refractivity contribution is 7.99. The minimum absolute atomic E-state index is 0.0486. The quantitative estimate of drug-likeness (QED) is 0.835. The summed E-state index contributed by atoms with van der Waals surface area (Å²) < 4.78 is 29.8. The van der Waals surface area contributed by atoms with E-state index < -0.39 is 10.0 Å². The number of hydrogen-bond donors (Lipinski definition) is 2. The second-order valence-corrected chi connectivity index (χ2v) is 8.35. The molecule has 2 rings (SSSR count). The molecule has 0 saturated heterocycles. The van der Waals surface area contributed by atoms with Crippen LogP contribution in [0.25, 0.3) is 0 Å². The van der Waals surface area contributed by atoms with E-state index in [1.54, 1.807) is 12.3 Å². The average Bonchev–Trinajstić information content (AvgIpc) is 2.91. The molecule has 2 unspecified atom stereocenters. The van der Waals surface area contributed by atoms with Crippen molar-refractivity contribution >= 4 is 21.8 Å². The Bertz CT molecular complexity index is 547. The summed E-state index contributed by atoms with van der Waals surface area (Å²) in [7, 11) is -3.45. The van der Waals surface area contributed by atoms with E-state index in [2.05, 4.69) is 11.0 Å². The minimum Gasteiger partial charge on any atom is -0.349 e. The summed E-state index contributed by atoms with van der Waals surface area (Å²) >= 11 is 1.83. The van der Waals surface area contributed by atoms with E-state index in [4.69, 9.17) is 5.73 Å². The summed E-state index contributed by atoms with van der Waals surface area (Å²) in [5.74, 6) is 0. The van der Waals surface area contributed by atoms with Crippen LogP contribution >= 0.6 is 11.8 Å². The number of thioether (sulfide) groups is 1. The molecule has 0 spiro atoms. The lowest BCUT2D eigenvalue weighted by atomic mass is 9.96. The van der Waals surface area contributed by atoms with Gasteiger partial charge in [0, 0.05) is 36.3 Å². The molecule has 5 nitrogen and oxygen atoms in total. The van der Waals surface area contributed by atoms with Crippen molar-refractivity contribution in [1.82, 2.24) is 9.29 Å². The van der Waals surface area contributed by atoms with Crippen LogP contribution in [-0.4, -0.2) is 30.5 Å². The molecule has 120 valence electrons. The summed E-state index contributed by atoms with van der Waals surface area (Å²) in [6.45, 7) is 3.05. The van der Waals surface area contributed by atoms with Crippen LogP contribution in [0.4, 0.5) is 0 Å². The van der Waals surface area contributed by atoms with Crippen LogP contribution in [-0.2, 0) is 23.1 Å². The molecule has 2 atom stereocenters. The van der Waals surface area contributed by atoms with Gasteiger partial charge in [-0.1, -0.05) is 6.42 Å². The van der Waals surface area contributed by atoms with Crippen molar-refractivity contribution in [2.75, 3.05) is 6.26 Å². The van der Waals surface area contributed by atoms with Crippen LogP contribution in [0.15, 0.2) is 17.2 Å². The number of rotatable bonds is 6. The Morgan fingerprint density at radius 1 is 1.48 bits per heavy atom. The SMILES string of the molecule is CCn1cc(S(=O)(=O)NC2CCCC(SC)C2)cc1CN. The molecular weight excluding hydrogens is 306 g/mol. The van der Waals surface area contributed by atoms with Gasteiger partial charge in [-0.25, -0.2) is 13.1 Å². The van der Waals surface area contributed by atoms with Crippen molar-refractivity contribution in [3.8, 4) is 0 Å². The maximum atomic E-state index is 12.5. The summed E-state index contributed by atoms with van der Waals surface area (Å²) in [6, 6.07) is 1.73. The maximum Gasteiger partial charge on any atom is 0.242 e. The van der Waals surface area contributed by atoms with Gasteiger partial charge < -0.3 is 10.3 Å². The smallest absolute Gasteiger partial charge is 0.242 e. The van der Waals surface area contributed by atoms with Crippen molar-refractivity contribution < 1.29 is 8.42 Å². The van der Waals surface area contributed by atoms with E-state index in [0.29, 0.717) is 16.7 Å². The molecular formula is C14H25N3O2S2. The monoisotopic (exact) mass is 331 g/mol. The van der Waals surface area contributed by atoms with Gasteiger partial charge in [0.15, 0.2) is 0 Å². The molecule has 1 aromatic heterocycles. The number of aromatic nitrogens is 1. The van der Waals surface area contributed by atoms with Gasteiger partial charge in [-0.3, -0.25) is 0 Å². The molecule has 3 N–H and O–H groups in total. The van der Waals surface area contributed by atoms with Crippen molar-refractivity contribution in [3.05, 3.63) is 18.0 Å². The van der Waals surface area contributed by atoms with E-state index in [9.17, 15) is 8.42 Å². The molecule has 21 heavy (non-hydrogen) atoms. The van der Waals surface area contributed by atoms with Crippen molar-refractivity contribution in [3.63, 3.8) is 0 Å². The third-order valence-electron chi connectivity index (χ3n) is 4.10. The standard InChI is InChI=1S/C14H25N3O2S2/c1-3-17-10-14(8-12(17)9-15)21(18,19)16-11-5-4-6-13(7-11)20-2/h8,10-11,13,16H,3-7,9,15H2,1-2H3. The molecule has 0 radical (unpaired) electrons. The lowest BCUT2D eigenvalue weighted by Crippen LogP contribution is -2.38. The van der Waals surface area contributed by atoms with E-state index in [0.717, 1.165) is 31.5 Å². The van der Waals surface area contributed by atoms with Crippen molar-refractivity contribution in [1.29, 1.82) is 0 Å².